The van der Waals surface area contributed by atoms with E-state index >= 15 is 0 Å². The fourth-order valence-corrected chi connectivity index (χ4v) is 4.62. The van der Waals surface area contributed by atoms with Gasteiger partial charge in [-0.2, -0.15) is 5.26 Å². The zero-order valence-electron chi connectivity index (χ0n) is 19.0. The number of benzene rings is 3. The molecule has 0 atom stereocenters. The van der Waals surface area contributed by atoms with E-state index in [0.717, 1.165) is 29.7 Å². The molecule has 3 aromatic carbocycles. The second kappa shape index (κ2) is 9.85. The Labute approximate surface area is 191 Å². The van der Waals surface area contributed by atoms with Crippen molar-refractivity contribution in [2.45, 2.75) is 38.1 Å². The Morgan fingerprint density at radius 3 is 2.06 bits per heavy atom. The molecule has 0 aliphatic rings. The third-order valence-corrected chi connectivity index (χ3v) is 6.39. The van der Waals surface area contributed by atoms with Gasteiger partial charge in [0.25, 0.3) is 0 Å². The summed E-state index contributed by atoms with van der Waals surface area (Å²) in [6, 6.07) is 31.7. The Kier molecular flexibility index (Phi) is 6.73. The van der Waals surface area contributed by atoms with Gasteiger partial charge in [-0.3, -0.25) is 0 Å². The number of aromatic amines is 1. The fraction of sp³-hybridized carbons (Fsp3) is 0.276. The molecule has 3 heteroatoms. The highest BCUT2D eigenvalue weighted by atomic mass is 15.1. The summed E-state index contributed by atoms with van der Waals surface area (Å²) < 4.78 is 0. The van der Waals surface area contributed by atoms with Crippen LogP contribution in [0.2, 0.25) is 0 Å². The van der Waals surface area contributed by atoms with Gasteiger partial charge in [0, 0.05) is 29.6 Å². The maximum atomic E-state index is 10.7. The average molecular weight is 422 g/mol. The second-order valence-corrected chi connectivity index (χ2v) is 8.64. The molecule has 32 heavy (non-hydrogen) atoms. The van der Waals surface area contributed by atoms with Crippen molar-refractivity contribution in [3.05, 3.63) is 107 Å². The van der Waals surface area contributed by atoms with Crippen LogP contribution in [0, 0.1) is 11.3 Å². The fourth-order valence-electron chi connectivity index (χ4n) is 4.62. The number of nitriles is 1. The number of nitrogens with zero attached hydrogens (tertiary/aromatic N) is 2. The number of fused-ring (bicyclic) bond motifs is 1. The first-order chi connectivity index (χ1) is 15.7. The molecule has 0 aliphatic heterocycles. The Morgan fingerprint density at radius 2 is 1.47 bits per heavy atom. The largest absolute Gasteiger partial charge is 0.357 e. The quantitative estimate of drug-likeness (QED) is 0.337. The van der Waals surface area contributed by atoms with Crippen molar-refractivity contribution < 1.29 is 0 Å². The average Bonchev–Trinajstić information content (AvgIpc) is 3.18. The molecule has 0 saturated heterocycles. The summed E-state index contributed by atoms with van der Waals surface area (Å²) >= 11 is 0. The van der Waals surface area contributed by atoms with Crippen LogP contribution < -0.4 is 0 Å². The number of unbranched alkanes of at least 4 members (excludes halogenated alkanes) is 1. The van der Waals surface area contributed by atoms with Crippen LogP contribution in [0.5, 0.6) is 0 Å². The molecule has 0 radical (unpaired) electrons. The van der Waals surface area contributed by atoms with Gasteiger partial charge in [-0.25, -0.2) is 0 Å². The SMILES string of the molecule is CCCCN(C)Cc1[nH]c2ccccc2c1CC(C#N)(c1ccccc1)c1ccccc1. The van der Waals surface area contributed by atoms with E-state index in [9.17, 15) is 5.26 Å². The lowest BCUT2D eigenvalue weighted by Gasteiger charge is -2.29. The van der Waals surface area contributed by atoms with Crippen molar-refractivity contribution in [3.63, 3.8) is 0 Å². The molecule has 0 amide bonds. The van der Waals surface area contributed by atoms with E-state index in [1.54, 1.807) is 0 Å². The molecule has 0 aliphatic carbocycles. The van der Waals surface area contributed by atoms with E-state index in [2.05, 4.69) is 78.5 Å². The van der Waals surface area contributed by atoms with Gasteiger partial charge in [0.2, 0.25) is 0 Å². The summed E-state index contributed by atoms with van der Waals surface area (Å²) in [5, 5.41) is 11.9. The van der Waals surface area contributed by atoms with Crippen molar-refractivity contribution in [1.29, 1.82) is 5.26 Å². The van der Waals surface area contributed by atoms with Crippen LogP contribution in [0.15, 0.2) is 84.9 Å². The minimum atomic E-state index is -0.760. The van der Waals surface area contributed by atoms with Gasteiger partial charge >= 0.3 is 0 Å². The number of aromatic nitrogens is 1. The minimum Gasteiger partial charge on any atom is -0.357 e. The second-order valence-electron chi connectivity index (χ2n) is 8.64. The van der Waals surface area contributed by atoms with Crippen molar-refractivity contribution in [2.75, 3.05) is 13.6 Å². The highest BCUT2D eigenvalue weighted by Crippen LogP contribution is 2.38. The van der Waals surface area contributed by atoms with Gasteiger partial charge in [-0.15, -0.1) is 0 Å². The lowest BCUT2D eigenvalue weighted by molar-refractivity contribution is 0.316. The maximum Gasteiger partial charge on any atom is 0.111 e. The predicted octanol–water partition coefficient (Wildman–Crippen LogP) is 6.45. The van der Waals surface area contributed by atoms with Crippen molar-refractivity contribution >= 4 is 10.9 Å². The Bertz CT molecular complexity index is 1150. The first-order valence-electron chi connectivity index (χ1n) is 11.5. The molecule has 1 N–H and O–H groups in total. The van der Waals surface area contributed by atoms with Crippen LogP contribution in [0.3, 0.4) is 0 Å². The summed E-state index contributed by atoms with van der Waals surface area (Å²) in [6.45, 7) is 4.13. The summed E-state index contributed by atoms with van der Waals surface area (Å²) in [6.07, 6.45) is 2.99. The van der Waals surface area contributed by atoms with Crippen molar-refractivity contribution in [2.24, 2.45) is 0 Å². The molecule has 4 aromatic rings. The van der Waals surface area contributed by atoms with Gasteiger partial charge in [0.15, 0.2) is 0 Å². The Balaban J connectivity index is 1.85. The monoisotopic (exact) mass is 421 g/mol. The van der Waals surface area contributed by atoms with Crippen LogP contribution in [-0.4, -0.2) is 23.5 Å². The summed E-state index contributed by atoms with van der Waals surface area (Å²) in [7, 11) is 2.18. The van der Waals surface area contributed by atoms with Crippen LogP contribution in [0.25, 0.3) is 10.9 Å². The highest BCUT2D eigenvalue weighted by Gasteiger charge is 2.36. The summed E-state index contributed by atoms with van der Waals surface area (Å²) in [5.74, 6) is 0. The molecule has 1 heterocycles. The van der Waals surface area contributed by atoms with E-state index < -0.39 is 5.41 Å². The molecule has 0 spiro atoms. The number of rotatable bonds is 9. The van der Waals surface area contributed by atoms with E-state index in [-0.39, 0.29) is 0 Å². The summed E-state index contributed by atoms with van der Waals surface area (Å²) in [4.78, 5) is 6.04. The van der Waals surface area contributed by atoms with Crippen molar-refractivity contribution in [3.8, 4) is 6.07 Å². The number of hydrogen-bond acceptors (Lipinski definition) is 2. The minimum absolute atomic E-state index is 0.624. The third-order valence-electron chi connectivity index (χ3n) is 6.39. The maximum absolute atomic E-state index is 10.7. The molecular weight excluding hydrogens is 390 g/mol. The van der Waals surface area contributed by atoms with Gasteiger partial charge < -0.3 is 9.88 Å². The lowest BCUT2D eigenvalue weighted by atomic mass is 9.71. The number of H-pyrrole nitrogens is 1. The number of para-hydroxylation sites is 1. The van der Waals surface area contributed by atoms with E-state index in [0.29, 0.717) is 6.42 Å². The molecule has 4 rings (SSSR count). The topological polar surface area (TPSA) is 42.8 Å². The van der Waals surface area contributed by atoms with E-state index in [4.69, 9.17) is 0 Å². The van der Waals surface area contributed by atoms with Gasteiger partial charge in [-0.05, 0) is 42.8 Å². The Morgan fingerprint density at radius 1 is 0.875 bits per heavy atom. The van der Waals surface area contributed by atoms with Gasteiger partial charge in [0.05, 0.1) is 6.07 Å². The summed E-state index contributed by atoms with van der Waals surface area (Å²) in [5.41, 5.74) is 4.88. The molecule has 0 unspecified atom stereocenters. The Hall–Kier alpha value is -3.35. The van der Waals surface area contributed by atoms with Crippen molar-refractivity contribution in [1.82, 2.24) is 9.88 Å². The molecule has 0 bridgehead atoms. The zero-order chi connectivity index (χ0) is 22.4. The van der Waals surface area contributed by atoms with Gasteiger partial charge in [0.1, 0.15) is 5.41 Å². The van der Waals surface area contributed by atoms with Crippen LogP contribution in [0.1, 0.15) is 42.1 Å². The normalized spacial score (nSPS) is 11.7. The third kappa shape index (κ3) is 4.33. The van der Waals surface area contributed by atoms with Crippen LogP contribution >= 0.6 is 0 Å². The molecule has 3 nitrogen and oxygen atoms in total. The molecular formula is C29H31N3. The molecule has 0 saturated carbocycles. The van der Waals surface area contributed by atoms with Gasteiger partial charge in [-0.1, -0.05) is 92.2 Å². The lowest BCUT2D eigenvalue weighted by Crippen LogP contribution is -2.29. The van der Waals surface area contributed by atoms with Crippen LogP contribution in [0.4, 0.5) is 0 Å². The first kappa shape index (κ1) is 21.9. The predicted molar refractivity (Wildman–Crippen MR) is 133 cm³/mol. The molecule has 1 aromatic heterocycles. The standard InChI is InChI=1S/C29H31N3/c1-3-4-19-32(2)21-28-26(25-17-11-12-18-27(25)31-28)20-29(22-30,23-13-7-5-8-14-23)24-15-9-6-10-16-24/h5-18,31H,3-4,19-21H2,1-2H3. The number of hydrogen-bond donors (Lipinski definition) is 1. The van der Waals surface area contributed by atoms with E-state index in [1.165, 1.54) is 29.5 Å². The molecule has 0 fully saturated rings. The zero-order valence-corrected chi connectivity index (χ0v) is 19.0. The molecule has 162 valence electrons. The van der Waals surface area contributed by atoms with Crippen LogP contribution in [-0.2, 0) is 18.4 Å². The number of nitrogens with one attached hydrogen (secondary N) is 1. The highest BCUT2D eigenvalue weighted by molar-refractivity contribution is 5.85. The van der Waals surface area contributed by atoms with E-state index in [1.807, 2.05) is 36.4 Å². The smallest absolute Gasteiger partial charge is 0.111 e. The first-order valence-corrected chi connectivity index (χ1v) is 11.5.